The Morgan fingerprint density at radius 3 is 2.12 bits per heavy atom. The molecule has 0 aliphatic rings. The van der Waals surface area contributed by atoms with Gasteiger partial charge in [0.1, 0.15) is 5.60 Å². The predicted octanol–water partition coefficient (Wildman–Crippen LogP) is 4.27. The quantitative estimate of drug-likeness (QED) is 0.873. The minimum atomic E-state index is -0.526. The number of aryl methyl sites for hydroxylation is 1. The largest absolute Gasteiger partial charge is 0.444 e. The van der Waals surface area contributed by atoms with Crippen molar-refractivity contribution in [1.29, 1.82) is 0 Å². The number of hydrogen-bond donors (Lipinski definition) is 2. The van der Waals surface area contributed by atoms with Crippen LogP contribution >= 0.6 is 0 Å². The van der Waals surface area contributed by atoms with Gasteiger partial charge in [-0.1, -0.05) is 29.8 Å². The van der Waals surface area contributed by atoms with Gasteiger partial charge >= 0.3 is 6.09 Å². The maximum Gasteiger partial charge on any atom is 0.407 e. The maximum absolute atomic E-state index is 12.2. The molecule has 0 atom stereocenters. The SMILES string of the molecule is Cc1ccc(NC(=O)c2ccc(CNC(=O)OC(C)(C)C)cc2)cc1. The van der Waals surface area contributed by atoms with Crippen LogP contribution in [0.15, 0.2) is 48.5 Å². The van der Waals surface area contributed by atoms with Crippen molar-refractivity contribution in [3.63, 3.8) is 0 Å². The van der Waals surface area contributed by atoms with Gasteiger partial charge in [-0.3, -0.25) is 4.79 Å². The number of carbonyl (C=O) groups excluding carboxylic acids is 2. The summed E-state index contributed by atoms with van der Waals surface area (Å²) in [7, 11) is 0. The van der Waals surface area contributed by atoms with Gasteiger partial charge in [0, 0.05) is 17.8 Å². The van der Waals surface area contributed by atoms with E-state index in [-0.39, 0.29) is 5.91 Å². The summed E-state index contributed by atoms with van der Waals surface area (Å²) in [5.41, 5.74) is 2.81. The first-order valence-electron chi connectivity index (χ1n) is 8.17. The van der Waals surface area contributed by atoms with Gasteiger partial charge in [0.2, 0.25) is 0 Å². The van der Waals surface area contributed by atoms with E-state index in [1.165, 1.54) is 0 Å². The standard InChI is InChI=1S/C20H24N2O3/c1-14-5-11-17(12-6-14)22-18(23)16-9-7-15(8-10-16)13-21-19(24)25-20(2,3)4/h5-12H,13H2,1-4H3,(H,21,24)(H,22,23). The van der Waals surface area contributed by atoms with Crippen LogP contribution in [-0.4, -0.2) is 17.6 Å². The summed E-state index contributed by atoms with van der Waals surface area (Å²) in [5, 5.41) is 5.54. The van der Waals surface area contributed by atoms with Gasteiger partial charge in [-0.05, 0) is 57.5 Å². The number of anilines is 1. The highest BCUT2D eigenvalue weighted by Crippen LogP contribution is 2.12. The van der Waals surface area contributed by atoms with Gasteiger partial charge in [-0.25, -0.2) is 4.79 Å². The van der Waals surface area contributed by atoms with E-state index < -0.39 is 11.7 Å². The number of hydrogen-bond acceptors (Lipinski definition) is 3. The van der Waals surface area contributed by atoms with Crippen LogP contribution in [-0.2, 0) is 11.3 Å². The molecule has 2 N–H and O–H groups in total. The Hall–Kier alpha value is -2.82. The second-order valence-corrected chi connectivity index (χ2v) is 6.87. The van der Waals surface area contributed by atoms with Crippen LogP contribution in [0.1, 0.15) is 42.3 Å². The number of rotatable bonds is 4. The first-order valence-corrected chi connectivity index (χ1v) is 8.17. The van der Waals surface area contributed by atoms with E-state index in [0.717, 1.165) is 16.8 Å². The lowest BCUT2D eigenvalue weighted by atomic mass is 10.1. The zero-order valence-electron chi connectivity index (χ0n) is 15.1. The van der Waals surface area contributed by atoms with E-state index in [2.05, 4.69) is 10.6 Å². The van der Waals surface area contributed by atoms with Crippen molar-refractivity contribution in [2.24, 2.45) is 0 Å². The monoisotopic (exact) mass is 340 g/mol. The molecule has 0 aliphatic heterocycles. The summed E-state index contributed by atoms with van der Waals surface area (Å²) >= 11 is 0. The number of benzene rings is 2. The number of nitrogens with one attached hydrogen (secondary N) is 2. The van der Waals surface area contributed by atoms with Crippen LogP contribution in [0, 0.1) is 6.92 Å². The Morgan fingerprint density at radius 1 is 0.960 bits per heavy atom. The molecular weight excluding hydrogens is 316 g/mol. The average Bonchev–Trinajstić information content (AvgIpc) is 2.54. The minimum absolute atomic E-state index is 0.171. The Morgan fingerprint density at radius 2 is 1.56 bits per heavy atom. The zero-order chi connectivity index (χ0) is 18.4. The molecule has 2 rings (SSSR count). The summed E-state index contributed by atoms with van der Waals surface area (Å²) in [4.78, 5) is 23.9. The summed E-state index contributed by atoms with van der Waals surface area (Å²) in [6.07, 6.45) is -0.464. The van der Waals surface area contributed by atoms with Gasteiger partial charge in [0.05, 0.1) is 0 Å². The lowest BCUT2D eigenvalue weighted by Crippen LogP contribution is -2.32. The molecular formula is C20H24N2O3. The third-order valence-corrected chi connectivity index (χ3v) is 3.36. The zero-order valence-corrected chi connectivity index (χ0v) is 15.1. The molecule has 0 saturated carbocycles. The van der Waals surface area contributed by atoms with Crippen molar-refractivity contribution >= 4 is 17.7 Å². The molecule has 0 heterocycles. The third kappa shape index (κ3) is 6.30. The van der Waals surface area contributed by atoms with Crippen LogP contribution in [0.5, 0.6) is 0 Å². The van der Waals surface area contributed by atoms with E-state index in [0.29, 0.717) is 12.1 Å². The second kappa shape index (κ2) is 7.83. The minimum Gasteiger partial charge on any atom is -0.444 e. The molecule has 0 bridgehead atoms. The van der Waals surface area contributed by atoms with Crippen LogP contribution in [0.25, 0.3) is 0 Å². The normalized spacial score (nSPS) is 10.9. The van der Waals surface area contributed by atoms with Crippen molar-refractivity contribution in [2.75, 3.05) is 5.32 Å². The third-order valence-electron chi connectivity index (χ3n) is 3.36. The van der Waals surface area contributed by atoms with E-state index in [9.17, 15) is 9.59 Å². The Labute approximate surface area is 148 Å². The van der Waals surface area contributed by atoms with Crippen molar-refractivity contribution < 1.29 is 14.3 Å². The highest BCUT2D eigenvalue weighted by molar-refractivity contribution is 6.04. The molecule has 0 unspecified atom stereocenters. The smallest absolute Gasteiger partial charge is 0.407 e. The molecule has 0 spiro atoms. The Bertz CT molecular complexity index is 729. The molecule has 0 fully saturated rings. The summed E-state index contributed by atoms with van der Waals surface area (Å²) in [6, 6.07) is 14.7. The molecule has 0 radical (unpaired) electrons. The van der Waals surface area contributed by atoms with Crippen molar-refractivity contribution in [3.05, 3.63) is 65.2 Å². The molecule has 5 nitrogen and oxygen atoms in total. The van der Waals surface area contributed by atoms with E-state index in [1.54, 1.807) is 24.3 Å². The number of alkyl carbamates (subject to hydrolysis) is 1. The molecule has 0 aromatic heterocycles. The lowest BCUT2D eigenvalue weighted by Gasteiger charge is -2.19. The Balaban J connectivity index is 1.89. The van der Waals surface area contributed by atoms with Crippen molar-refractivity contribution in [3.8, 4) is 0 Å². The van der Waals surface area contributed by atoms with Crippen LogP contribution in [0.2, 0.25) is 0 Å². The number of carbonyl (C=O) groups is 2. The van der Waals surface area contributed by atoms with Crippen LogP contribution < -0.4 is 10.6 Å². The second-order valence-electron chi connectivity index (χ2n) is 6.87. The number of amides is 2. The van der Waals surface area contributed by atoms with Crippen LogP contribution in [0.4, 0.5) is 10.5 Å². The highest BCUT2D eigenvalue weighted by atomic mass is 16.6. The molecule has 25 heavy (non-hydrogen) atoms. The van der Waals surface area contributed by atoms with E-state index >= 15 is 0 Å². The summed E-state index contributed by atoms with van der Waals surface area (Å²) < 4.78 is 5.18. The molecule has 0 saturated heterocycles. The molecule has 2 aromatic carbocycles. The van der Waals surface area contributed by atoms with Crippen molar-refractivity contribution in [2.45, 2.75) is 39.8 Å². The fourth-order valence-electron chi connectivity index (χ4n) is 2.10. The van der Waals surface area contributed by atoms with Gasteiger partial charge < -0.3 is 15.4 Å². The fourth-order valence-corrected chi connectivity index (χ4v) is 2.10. The molecule has 2 amide bonds. The molecule has 2 aromatic rings. The van der Waals surface area contributed by atoms with Gasteiger partial charge in [-0.15, -0.1) is 0 Å². The summed E-state index contributed by atoms with van der Waals surface area (Å²) in [6.45, 7) is 7.78. The molecule has 0 aliphatic carbocycles. The van der Waals surface area contributed by atoms with Gasteiger partial charge in [0.25, 0.3) is 5.91 Å². The topological polar surface area (TPSA) is 67.4 Å². The van der Waals surface area contributed by atoms with Gasteiger partial charge in [-0.2, -0.15) is 0 Å². The maximum atomic E-state index is 12.2. The number of ether oxygens (including phenoxy) is 1. The van der Waals surface area contributed by atoms with Crippen LogP contribution in [0.3, 0.4) is 0 Å². The van der Waals surface area contributed by atoms with Gasteiger partial charge in [0.15, 0.2) is 0 Å². The Kier molecular flexibility index (Phi) is 5.80. The highest BCUT2D eigenvalue weighted by Gasteiger charge is 2.15. The predicted molar refractivity (Wildman–Crippen MR) is 98.6 cm³/mol. The first-order chi connectivity index (χ1) is 11.7. The first kappa shape index (κ1) is 18.5. The molecule has 5 heteroatoms. The molecule has 132 valence electrons. The van der Waals surface area contributed by atoms with E-state index in [1.807, 2.05) is 52.0 Å². The van der Waals surface area contributed by atoms with E-state index in [4.69, 9.17) is 4.74 Å². The average molecular weight is 340 g/mol. The fraction of sp³-hybridized carbons (Fsp3) is 0.300. The lowest BCUT2D eigenvalue weighted by molar-refractivity contribution is 0.0523. The van der Waals surface area contributed by atoms with Crippen molar-refractivity contribution in [1.82, 2.24) is 5.32 Å². The summed E-state index contributed by atoms with van der Waals surface area (Å²) in [5.74, 6) is -0.171.